The zero-order valence-electron chi connectivity index (χ0n) is 8.45. The second-order valence-corrected chi connectivity index (χ2v) is 3.36. The molecule has 0 amide bonds. The molecule has 0 bridgehead atoms. The highest BCUT2D eigenvalue weighted by Crippen LogP contribution is 2.08. The van der Waals surface area contributed by atoms with Gasteiger partial charge < -0.3 is 10.2 Å². The Hall–Kier alpha value is -0.960. The molecule has 0 aliphatic carbocycles. The summed E-state index contributed by atoms with van der Waals surface area (Å²) < 4.78 is 0. The van der Waals surface area contributed by atoms with E-state index in [1.807, 2.05) is 0 Å². The molecule has 0 fully saturated rings. The minimum atomic E-state index is -0.605. The molecule has 2 unspecified atom stereocenters. The second-order valence-electron chi connectivity index (χ2n) is 3.36. The monoisotopic (exact) mass is 194 g/mol. The summed E-state index contributed by atoms with van der Waals surface area (Å²) in [5.41, 5.74) is 0. The van der Waals surface area contributed by atoms with Crippen LogP contribution >= 0.6 is 0 Å². The Kier molecular flexibility index (Phi) is 8.04. The molecule has 0 aromatic heterocycles. The molecule has 0 aromatic rings. The summed E-state index contributed by atoms with van der Waals surface area (Å²) in [6, 6.07) is 0. The lowest BCUT2D eigenvalue weighted by Gasteiger charge is -2.04. The molecular weight excluding hydrogens is 176 g/mol. The van der Waals surface area contributed by atoms with Gasteiger partial charge in [0.1, 0.15) is 12.2 Å². The minimum absolute atomic E-state index is 0.605. The summed E-state index contributed by atoms with van der Waals surface area (Å²) in [7, 11) is 0. The predicted molar refractivity (Wildman–Crippen MR) is 57.4 cm³/mol. The highest BCUT2D eigenvalue weighted by Gasteiger charge is 2.00. The maximum atomic E-state index is 9.04. The third-order valence-corrected chi connectivity index (χ3v) is 2.09. The Morgan fingerprint density at radius 1 is 0.786 bits per heavy atom. The number of terminal acetylenes is 2. The van der Waals surface area contributed by atoms with E-state index in [4.69, 9.17) is 23.1 Å². The molecule has 0 heterocycles. The van der Waals surface area contributed by atoms with E-state index in [-0.39, 0.29) is 0 Å². The first-order chi connectivity index (χ1) is 6.70. The molecule has 0 aliphatic rings. The second kappa shape index (κ2) is 8.63. The number of hydrogen-bond donors (Lipinski definition) is 2. The molecule has 0 aromatic carbocycles. The fraction of sp³-hybridized carbons (Fsp3) is 0.667. The van der Waals surface area contributed by atoms with Crippen LogP contribution < -0.4 is 0 Å². The van der Waals surface area contributed by atoms with Gasteiger partial charge in [0.05, 0.1) is 0 Å². The van der Waals surface area contributed by atoms with Crippen LogP contribution in [0.3, 0.4) is 0 Å². The topological polar surface area (TPSA) is 40.5 Å². The van der Waals surface area contributed by atoms with Crippen molar-refractivity contribution in [1.29, 1.82) is 0 Å². The van der Waals surface area contributed by atoms with Crippen LogP contribution in [0.2, 0.25) is 0 Å². The van der Waals surface area contributed by atoms with Crippen molar-refractivity contribution in [1.82, 2.24) is 0 Å². The van der Waals surface area contributed by atoms with Crippen LogP contribution in [0.5, 0.6) is 0 Å². The summed E-state index contributed by atoms with van der Waals surface area (Å²) in [5, 5.41) is 18.1. The van der Waals surface area contributed by atoms with Gasteiger partial charge in [0.2, 0.25) is 0 Å². The molecule has 0 saturated carbocycles. The van der Waals surface area contributed by atoms with Crippen molar-refractivity contribution < 1.29 is 10.2 Å². The van der Waals surface area contributed by atoms with Crippen LogP contribution in [-0.4, -0.2) is 22.4 Å². The lowest BCUT2D eigenvalue weighted by molar-refractivity contribution is 0.211. The van der Waals surface area contributed by atoms with Gasteiger partial charge >= 0.3 is 0 Å². The zero-order chi connectivity index (χ0) is 10.8. The summed E-state index contributed by atoms with van der Waals surface area (Å²) in [5.74, 6) is 4.54. The van der Waals surface area contributed by atoms with Crippen molar-refractivity contribution in [2.45, 2.75) is 50.7 Å². The highest BCUT2D eigenvalue weighted by atomic mass is 16.3. The largest absolute Gasteiger partial charge is 0.380 e. The van der Waals surface area contributed by atoms with Gasteiger partial charge in [0, 0.05) is 0 Å². The van der Waals surface area contributed by atoms with E-state index in [0.29, 0.717) is 12.8 Å². The zero-order valence-corrected chi connectivity index (χ0v) is 8.45. The summed E-state index contributed by atoms with van der Waals surface area (Å²) in [4.78, 5) is 0. The number of aliphatic hydroxyl groups is 2. The first-order valence-corrected chi connectivity index (χ1v) is 4.99. The number of aliphatic hydroxyl groups excluding tert-OH is 2. The molecule has 2 atom stereocenters. The molecule has 2 heteroatoms. The molecule has 2 N–H and O–H groups in total. The van der Waals surface area contributed by atoms with Gasteiger partial charge in [0.25, 0.3) is 0 Å². The lowest BCUT2D eigenvalue weighted by atomic mass is 10.1. The van der Waals surface area contributed by atoms with Crippen molar-refractivity contribution in [3.8, 4) is 24.7 Å². The van der Waals surface area contributed by atoms with Gasteiger partial charge in [-0.3, -0.25) is 0 Å². The van der Waals surface area contributed by atoms with E-state index in [2.05, 4.69) is 11.8 Å². The van der Waals surface area contributed by atoms with E-state index >= 15 is 0 Å². The van der Waals surface area contributed by atoms with E-state index in [1.54, 1.807) is 0 Å². The number of hydrogen-bond acceptors (Lipinski definition) is 2. The van der Waals surface area contributed by atoms with Crippen molar-refractivity contribution in [3.63, 3.8) is 0 Å². The predicted octanol–water partition coefficient (Wildman–Crippen LogP) is 1.32. The van der Waals surface area contributed by atoms with E-state index in [1.165, 1.54) is 0 Å². The van der Waals surface area contributed by atoms with Gasteiger partial charge in [-0.05, 0) is 25.7 Å². The molecule has 14 heavy (non-hydrogen) atoms. The van der Waals surface area contributed by atoms with Crippen LogP contribution in [0.4, 0.5) is 0 Å². The Labute approximate surface area is 86.3 Å². The van der Waals surface area contributed by atoms with Crippen molar-refractivity contribution >= 4 is 0 Å². The van der Waals surface area contributed by atoms with Crippen LogP contribution in [-0.2, 0) is 0 Å². The maximum absolute atomic E-state index is 9.04. The van der Waals surface area contributed by atoms with Crippen LogP contribution in [0, 0.1) is 24.7 Å². The summed E-state index contributed by atoms with van der Waals surface area (Å²) in [6.45, 7) is 0. The Balaban J connectivity index is 3.16. The molecule has 0 spiro atoms. The fourth-order valence-electron chi connectivity index (χ4n) is 1.20. The molecule has 78 valence electrons. The normalized spacial score (nSPS) is 14.0. The highest BCUT2D eigenvalue weighted by molar-refractivity contribution is 4.93. The minimum Gasteiger partial charge on any atom is -0.380 e. The van der Waals surface area contributed by atoms with Crippen LogP contribution in [0.1, 0.15) is 38.5 Å². The Morgan fingerprint density at radius 3 is 1.43 bits per heavy atom. The smallest absolute Gasteiger partial charge is 0.114 e. The average Bonchev–Trinajstić information content (AvgIpc) is 2.22. The van der Waals surface area contributed by atoms with Gasteiger partial charge in [-0.25, -0.2) is 0 Å². The van der Waals surface area contributed by atoms with Crippen molar-refractivity contribution in [3.05, 3.63) is 0 Å². The fourth-order valence-corrected chi connectivity index (χ4v) is 1.20. The van der Waals surface area contributed by atoms with E-state index in [9.17, 15) is 0 Å². The first kappa shape index (κ1) is 13.0. The van der Waals surface area contributed by atoms with Crippen molar-refractivity contribution in [2.75, 3.05) is 0 Å². The number of unbranched alkanes of at least 4 members (excludes halogenated alkanes) is 3. The van der Waals surface area contributed by atoms with Gasteiger partial charge in [0.15, 0.2) is 0 Å². The quantitative estimate of drug-likeness (QED) is 0.474. The molecule has 0 saturated heterocycles. The lowest BCUT2D eigenvalue weighted by Crippen LogP contribution is -2.03. The molecule has 0 radical (unpaired) electrons. The van der Waals surface area contributed by atoms with Gasteiger partial charge in [-0.15, -0.1) is 12.8 Å². The Morgan fingerprint density at radius 2 is 1.14 bits per heavy atom. The van der Waals surface area contributed by atoms with Crippen molar-refractivity contribution in [2.24, 2.45) is 0 Å². The van der Waals surface area contributed by atoms with Gasteiger partial charge in [-0.2, -0.15) is 0 Å². The third kappa shape index (κ3) is 7.68. The average molecular weight is 194 g/mol. The first-order valence-electron chi connectivity index (χ1n) is 4.99. The molecule has 2 nitrogen and oxygen atoms in total. The number of rotatable bonds is 7. The summed E-state index contributed by atoms with van der Waals surface area (Å²) >= 11 is 0. The maximum Gasteiger partial charge on any atom is 0.114 e. The Bertz CT molecular complexity index is 185. The molecule has 0 aliphatic heterocycles. The van der Waals surface area contributed by atoms with Gasteiger partial charge in [-0.1, -0.05) is 24.7 Å². The third-order valence-electron chi connectivity index (χ3n) is 2.09. The molecule has 0 rings (SSSR count). The van der Waals surface area contributed by atoms with E-state index < -0.39 is 12.2 Å². The van der Waals surface area contributed by atoms with Crippen LogP contribution in [0.25, 0.3) is 0 Å². The summed E-state index contributed by atoms with van der Waals surface area (Å²) in [6.07, 6.45) is 14.0. The van der Waals surface area contributed by atoms with E-state index in [0.717, 1.165) is 25.7 Å². The SMILES string of the molecule is C#CC(O)CCCCCCC(O)C#C. The standard InChI is InChI=1S/C12H18O2/c1-3-11(13)9-7-5-6-8-10-12(14)4-2/h1-2,11-14H,5-10H2. The van der Waals surface area contributed by atoms with Crippen LogP contribution in [0.15, 0.2) is 0 Å². The molecular formula is C12H18O2.